The van der Waals surface area contributed by atoms with Gasteiger partial charge in [-0.05, 0) is 62.0 Å². The number of carboxylic acids is 1. The number of thiophene rings is 1. The molecule has 0 amide bonds. The number of unbranched alkanes of at least 4 members (excludes halogenated alkanes) is 1. The highest BCUT2D eigenvalue weighted by atomic mass is 32.1. The van der Waals surface area contributed by atoms with Crippen molar-refractivity contribution >= 4 is 17.3 Å². The van der Waals surface area contributed by atoms with Crippen LogP contribution in [0, 0.1) is 18.8 Å². The molecule has 28 heavy (non-hydrogen) atoms. The maximum Gasteiger partial charge on any atom is 0.303 e. The molecule has 0 aliphatic heterocycles. The number of hydrogen-bond donors (Lipinski definition) is 4. The van der Waals surface area contributed by atoms with Crippen LogP contribution in [0.3, 0.4) is 0 Å². The van der Waals surface area contributed by atoms with E-state index in [-0.39, 0.29) is 18.3 Å². The first-order valence-corrected chi connectivity index (χ1v) is 10.9. The monoisotopic (exact) mass is 408 g/mol. The van der Waals surface area contributed by atoms with Gasteiger partial charge in [-0.3, -0.25) is 4.79 Å². The number of allylic oxidation sites excluding steroid dienone is 2. The molecule has 0 radical (unpaired) electrons. The van der Waals surface area contributed by atoms with Gasteiger partial charge in [0.1, 0.15) is 0 Å². The minimum absolute atomic E-state index is 0.0892. The van der Waals surface area contributed by atoms with Crippen molar-refractivity contribution in [3.8, 4) is 0 Å². The molecular weight excluding hydrogens is 376 g/mol. The van der Waals surface area contributed by atoms with Crippen molar-refractivity contribution in [2.45, 2.75) is 70.2 Å². The van der Waals surface area contributed by atoms with Crippen molar-refractivity contribution in [1.82, 2.24) is 0 Å². The molecule has 0 aromatic carbocycles. The SMILES string of the molecule is Cc1cc(CCC(O)/C=C/[C@H]2C(O)CC(O)[C@@H]2C/C=C\CCCC(=O)O)cs1. The number of aliphatic carboxylic acids is 1. The highest BCUT2D eigenvalue weighted by Gasteiger charge is 2.39. The van der Waals surface area contributed by atoms with Gasteiger partial charge in [0.25, 0.3) is 0 Å². The molecule has 2 rings (SSSR count). The van der Waals surface area contributed by atoms with Gasteiger partial charge >= 0.3 is 5.97 Å². The van der Waals surface area contributed by atoms with Gasteiger partial charge in [-0.2, -0.15) is 0 Å². The lowest BCUT2D eigenvalue weighted by Gasteiger charge is -2.19. The number of carbonyl (C=O) groups is 1. The van der Waals surface area contributed by atoms with Crippen molar-refractivity contribution < 1.29 is 25.2 Å². The van der Waals surface area contributed by atoms with Crippen LogP contribution in [-0.2, 0) is 11.2 Å². The predicted octanol–water partition coefficient (Wildman–Crippen LogP) is 3.47. The molecule has 156 valence electrons. The number of aliphatic hydroxyl groups is 3. The summed E-state index contributed by atoms with van der Waals surface area (Å²) in [5, 5.41) is 41.5. The fourth-order valence-electron chi connectivity index (χ4n) is 3.74. The first-order valence-electron chi connectivity index (χ1n) is 10.00. The Morgan fingerprint density at radius 3 is 2.79 bits per heavy atom. The van der Waals surface area contributed by atoms with Crippen LogP contribution >= 0.6 is 11.3 Å². The van der Waals surface area contributed by atoms with Crippen molar-refractivity contribution in [3.05, 3.63) is 46.2 Å². The molecule has 0 saturated heterocycles. The summed E-state index contributed by atoms with van der Waals surface area (Å²) in [6.45, 7) is 2.07. The van der Waals surface area contributed by atoms with E-state index in [4.69, 9.17) is 5.11 Å². The van der Waals surface area contributed by atoms with Gasteiger partial charge in [-0.15, -0.1) is 11.3 Å². The van der Waals surface area contributed by atoms with E-state index in [9.17, 15) is 20.1 Å². The minimum Gasteiger partial charge on any atom is -0.481 e. The maximum atomic E-state index is 10.5. The fourth-order valence-corrected chi connectivity index (χ4v) is 4.49. The topological polar surface area (TPSA) is 98.0 Å². The normalized spacial score (nSPS) is 26.4. The van der Waals surface area contributed by atoms with Crippen LogP contribution in [0.2, 0.25) is 0 Å². The summed E-state index contributed by atoms with van der Waals surface area (Å²) in [4.78, 5) is 11.8. The van der Waals surface area contributed by atoms with Gasteiger partial charge in [0.2, 0.25) is 0 Å². The molecule has 6 heteroatoms. The van der Waals surface area contributed by atoms with Gasteiger partial charge in [0.15, 0.2) is 0 Å². The predicted molar refractivity (Wildman–Crippen MR) is 111 cm³/mol. The summed E-state index contributed by atoms with van der Waals surface area (Å²) >= 11 is 1.71. The van der Waals surface area contributed by atoms with Gasteiger partial charge in [0.05, 0.1) is 18.3 Å². The zero-order chi connectivity index (χ0) is 20.5. The van der Waals surface area contributed by atoms with Crippen LogP contribution in [0.5, 0.6) is 0 Å². The molecule has 1 fully saturated rings. The zero-order valence-corrected chi connectivity index (χ0v) is 17.2. The zero-order valence-electron chi connectivity index (χ0n) is 16.4. The fraction of sp³-hybridized carbons (Fsp3) is 0.591. The third-order valence-electron chi connectivity index (χ3n) is 5.32. The summed E-state index contributed by atoms with van der Waals surface area (Å²) in [6, 6.07) is 2.14. The Balaban J connectivity index is 1.81. The highest BCUT2D eigenvalue weighted by Crippen LogP contribution is 2.36. The molecule has 1 aliphatic rings. The van der Waals surface area contributed by atoms with Crippen LogP contribution in [0.4, 0.5) is 0 Å². The van der Waals surface area contributed by atoms with Crippen LogP contribution in [0.15, 0.2) is 35.8 Å². The number of rotatable bonds is 11. The number of aryl methyl sites for hydroxylation is 2. The minimum atomic E-state index is -0.791. The lowest BCUT2D eigenvalue weighted by Crippen LogP contribution is -2.20. The number of hydrogen-bond acceptors (Lipinski definition) is 5. The number of aliphatic hydroxyl groups excluding tert-OH is 3. The summed E-state index contributed by atoms with van der Waals surface area (Å²) in [7, 11) is 0. The first-order chi connectivity index (χ1) is 13.4. The summed E-state index contributed by atoms with van der Waals surface area (Å²) in [5.74, 6) is -1.06. The molecule has 1 saturated carbocycles. The Kier molecular flexibility index (Phi) is 9.38. The molecule has 0 spiro atoms. The standard InChI is InChI=1S/C22H32O5S/c1-15-12-16(14-28-15)8-9-17(23)10-11-19-18(20(24)13-21(19)25)6-4-2-3-5-7-22(26)27/h2,4,10-12,14,17-21,23-25H,3,5-9,13H2,1H3,(H,26,27)/b4-2-,11-10+/t17?,18-,19-,20?,21?/m1/s1. The van der Waals surface area contributed by atoms with E-state index in [0.717, 1.165) is 6.42 Å². The molecule has 5 nitrogen and oxygen atoms in total. The Morgan fingerprint density at radius 1 is 1.32 bits per heavy atom. The van der Waals surface area contributed by atoms with Crippen LogP contribution < -0.4 is 0 Å². The van der Waals surface area contributed by atoms with Crippen molar-refractivity contribution in [2.24, 2.45) is 11.8 Å². The quantitative estimate of drug-likeness (QED) is 0.332. The van der Waals surface area contributed by atoms with Gasteiger partial charge < -0.3 is 20.4 Å². The van der Waals surface area contributed by atoms with Crippen molar-refractivity contribution in [1.29, 1.82) is 0 Å². The van der Waals surface area contributed by atoms with E-state index in [2.05, 4.69) is 18.4 Å². The lowest BCUT2D eigenvalue weighted by molar-refractivity contribution is -0.137. The van der Waals surface area contributed by atoms with Crippen molar-refractivity contribution in [3.63, 3.8) is 0 Å². The molecule has 1 aromatic heterocycles. The second-order valence-electron chi connectivity index (χ2n) is 7.66. The molecule has 4 N–H and O–H groups in total. The van der Waals surface area contributed by atoms with E-state index < -0.39 is 24.3 Å². The van der Waals surface area contributed by atoms with Crippen molar-refractivity contribution in [2.75, 3.05) is 0 Å². The molecular formula is C22H32O5S. The highest BCUT2D eigenvalue weighted by molar-refractivity contribution is 7.10. The van der Waals surface area contributed by atoms with E-state index in [0.29, 0.717) is 32.1 Å². The molecule has 0 bridgehead atoms. The Hall–Kier alpha value is -1.47. The lowest BCUT2D eigenvalue weighted by atomic mass is 9.89. The van der Waals surface area contributed by atoms with E-state index in [1.54, 1.807) is 17.4 Å². The Bertz CT molecular complexity index is 666. The van der Waals surface area contributed by atoms with Crippen LogP contribution in [-0.4, -0.2) is 44.7 Å². The Morgan fingerprint density at radius 2 is 2.11 bits per heavy atom. The smallest absolute Gasteiger partial charge is 0.303 e. The second-order valence-corrected chi connectivity index (χ2v) is 8.78. The third-order valence-corrected chi connectivity index (χ3v) is 6.23. The third kappa shape index (κ3) is 7.51. The summed E-state index contributed by atoms with van der Waals surface area (Å²) < 4.78 is 0. The second kappa shape index (κ2) is 11.5. The molecule has 5 atom stereocenters. The summed E-state index contributed by atoms with van der Waals surface area (Å²) in [5.41, 5.74) is 1.23. The maximum absolute atomic E-state index is 10.5. The van der Waals surface area contributed by atoms with E-state index in [1.165, 1.54) is 10.4 Å². The van der Waals surface area contributed by atoms with Gasteiger partial charge in [-0.25, -0.2) is 0 Å². The molecule has 1 aromatic rings. The largest absolute Gasteiger partial charge is 0.481 e. The van der Waals surface area contributed by atoms with E-state index in [1.807, 2.05) is 18.2 Å². The Labute approximate surface area is 171 Å². The first kappa shape index (κ1) is 22.8. The molecule has 1 aliphatic carbocycles. The van der Waals surface area contributed by atoms with Gasteiger partial charge in [0, 0.05) is 23.6 Å². The average Bonchev–Trinajstić information content (AvgIpc) is 3.16. The molecule has 3 unspecified atom stereocenters. The number of carboxylic acid groups (broad SMARTS) is 1. The summed E-state index contributed by atoms with van der Waals surface area (Å²) in [6.07, 6.45) is 9.62. The average molecular weight is 409 g/mol. The van der Waals surface area contributed by atoms with Crippen LogP contribution in [0.1, 0.15) is 49.0 Å². The van der Waals surface area contributed by atoms with E-state index >= 15 is 0 Å². The molecule has 1 heterocycles. The van der Waals surface area contributed by atoms with Gasteiger partial charge in [-0.1, -0.05) is 24.3 Å². The van der Waals surface area contributed by atoms with Crippen LogP contribution in [0.25, 0.3) is 0 Å².